The molecule has 2 aliphatic carbocycles. The van der Waals surface area contributed by atoms with Crippen molar-refractivity contribution in [3.05, 3.63) is 35.6 Å². The lowest BCUT2D eigenvalue weighted by Crippen LogP contribution is -2.36. The van der Waals surface area contributed by atoms with Crippen LogP contribution in [0, 0.1) is 5.82 Å². The van der Waals surface area contributed by atoms with Crippen LogP contribution in [0.4, 0.5) is 4.39 Å². The van der Waals surface area contributed by atoms with Gasteiger partial charge in [0.25, 0.3) is 0 Å². The van der Waals surface area contributed by atoms with Crippen LogP contribution in [0.25, 0.3) is 0 Å². The fraction of sp³-hybridized carbons (Fsp3) is 0.500. The highest BCUT2D eigenvalue weighted by Crippen LogP contribution is 2.43. The van der Waals surface area contributed by atoms with Crippen molar-refractivity contribution in [3.8, 4) is 0 Å². The van der Waals surface area contributed by atoms with E-state index in [1.165, 1.54) is 25.0 Å². The number of rotatable bonds is 3. The van der Waals surface area contributed by atoms with Crippen LogP contribution in [0.1, 0.15) is 30.7 Å². The first-order valence-corrected chi connectivity index (χ1v) is 6.46. The van der Waals surface area contributed by atoms with E-state index < -0.39 is 0 Å². The minimum Gasteiger partial charge on any atom is -0.370 e. The molecule has 3 nitrogen and oxygen atoms in total. The Balaban J connectivity index is 1.63. The van der Waals surface area contributed by atoms with Crippen molar-refractivity contribution in [1.29, 1.82) is 0 Å². The van der Waals surface area contributed by atoms with Crippen LogP contribution >= 0.6 is 0 Å². The van der Waals surface area contributed by atoms with Gasteiger partial charge in [-0.1, -0.05) is 12.1 Å². The smallest absolute Gasteiger partial charge is 0.191 e. The van der Waals surface area contributed by atoms with Gasteiger partial charge in [-0.15, -0.1) is 0 Å². The third kappa shape index (κ3) is 2.33. The third-order valence-corrected chi connectivity index (χ3v) is 3.81. The Morgan fingerprint density at radius 1 is 1.33 bits per heavy atom. The van der Waals surface area contributed by atoms with E-state index in [2.05, 4.69) is 9.89 Å². The first-order valence-electron chi connectivity index (χ1n) is 6.46. The summed E-state index contributed by atoms with van der Waals surface area (Å²) >= 11 is 0. The van der Waals surface area contributed by atoms with Crippen molar-refractivity contribution in [3.63, 3.8) is 0 Å². The molecule has 0 unspecified atom stereocenters. The second kappa shape index (κ2) is 4.26. The fourth-order valence-corrected chi connectivity index (χ4v) is 2.30. The van der Waals surface area contributed by atoms with Crippen LogP contribution in [-0.4, -0.2) is 30.0 Å². The quantitative estimate of drug-likeness (QED) is 0.656. The van der Waals surface area contributed by atoms with Gasteiger partial charge in [-0.2, -0.15) is 0 Å². The fourth-order valence-electron chi connectivity index (χ4n) is 2.30. The third-order valence-electron chi connectivity index (χ3n) is 3.81. The summed E-state index contributed by atoms with van der Waals surface area (Å²) in [6.07, 6.45) is 3.46. The molecular formula is C14H18FN3. The summed E-state index contributed by atoms with van der Waals surface area (Å²) in [7, 11) is 2.01. The van der Waals surface area contributed by atoms with Crippen molar-refractivity contribution in [2.45, 2.75) is 37.3 Å². The molecule has 0 amide bonds. The first-order chi connectivity index (χ1) is 8.65. The number of aliphatic imine (C=N–C) groups is 1. The van der Waals surface area contributed by atoms with Crippen molar-refractivity contribution >= 4 is 5.96 Å². The Morgan fingerprint density at radius 3 is 2.61 bits per heavy atom. The number of nitrogens with zero attached hydrogens (tertiary/aromatic N) is 2. The zero-order chi connectivity index (χ0) is 12.7. The van der Waals surface area contributed by atoms with E-state index in [1.54, 1.807) is 0 Å². The molecule has 96 valence electrons. The topological polar surface area (TPSA) is 41.6 Å². The molecule has 1 aromatic carbocycles. The van der Waals surface area contributed by atoms with E-state index in [1.807, 2.05) is 19.2 Å². The minimum atomic E-state index is -0.188. The Labute approximate surface area is 106 Å². The molecule has 0 bridgehead atoms. The highest BCUT2D eigenvalue weighted by atomic mass is 19.1. The molecule has 4 heteroatoms. The maximum Gasteiger partial charge on any atom is 0.191 e. The molecule has 0 spiro atoms. The van der Waals surface area contributed by atoms with Crippen molar-refractivity contribution in [2.75, 3.05) is 7.05 Å². The van der Waals surface area contributed by atoms with Gasteiger partial charge in [-0.25, -0.2) is 9.38 Å². The summed E-state index contributed by atoms with van der Waals surface area (Å²) in [5.41, 5.74) is 7.14. The number of hydrogen-bond acceptors (Lipinski definition) is 1. The molecule has 0 aliphatic heterocycles. The molecule has 2 atom stereocenters. The SMILES string of the molecule is CN(C(N)=N[C@@H]1C[C@H]1c1ccc(F)cc1)C1CC1. The molecule has 0 saturated heterocycles. The average Bonchev–Trinajstić information content (AvgIpc) is 3.23. The van der Waals surface area contributed by atoms with E-state index in [0.29, 0.717) is 17.9 Å². The number of benzene rings is 1. The van der Waals surface area contributed by atoms with Crippen molar-refractivity contribution in [1.82, 2.24) is 4.90 Å². The van der Waals surface area contributed by atoms with Gasteiger partial charge in [0, 0.05) is 19.0 Å². The van der Waals surface area contributed by atoms with Crippen LogP contribution in [0.3, 0.4) is 0 Å². The summed E-state index contributed by atoms with van der Waals surface area (Å²) < 4.78 is 12.8. The van der Waals surface area contributed by atoms with E-state index in [9.17, 15) is 4.39 Å². The molecule has 2 saturated carbocycles. The monoisotopic (exact) mass is 247 g/mol. The largest absolute Gasteiger partial charge is 0.370 e. The van der Waals surface area contributed by atoms with Crippen LogP contribution in [-0.2, 0) is 0 Å². The van der Waals surface area contributed by atoms with Gasteiger partial charge in [0.2, 0.25) is 0 Å². The number of hydrogen-bond donors (Lipinski definition) is 1. The second-order valence-electron chi connectivity index (χ2n) is 5.29. The molecule has 0 heterocycles. The maximum atomic E-state index is 12.8. The molecule has 2 fully saturated rings. The molecule has 0 radical (unpaired) electrons. The average molecular weight is 247 g/mol. The number of guanidine groups is 1. The summed E-state index contributed by atoms with van der Waals surface area (Å²) in [4.78, 5) is 6.63. The van der Waals surface area contributed by atoms with Gasteiger partial charge < -0.3 is 10.6 Å². The Kier molecular flexibility index (Phi) is 2.73. The Bertz CT molecular complexity index is 464. The van der Waals surface area contributed by atoms with Crippen LogP contribution in [0.5, 0.6) is 0 Å². The highest BCUT2D eigenvalue weighted by Gasteiger charge is 2.39. The van der Waals surface area contributed by atoms with E-state index in [-0.39, 0.29) is 11.9 Å². The molecule has 2 aliphatic rings. The summed E-state index contributed by atoms with van der Waals surface area (Å²) in [6, 6.07) is 7.57. The van der Waals surface area contributed by atoms with Gasteiger partial charge in [0.05, 0.1) is 6.04 Å². The van der Waals surface area contributed by atoms with E-state index in [4.69, 9.17) is 5.73 Å². The minimum absolute atomic E-state index is 0.188. The molecule has 2 N–H and O–H groups in total. The lowest BCUT2D eigenvalue weighted by Gasteiger charge is -2.16. The maximum absolute atomic E-state index is 12.8. The van der Waals surface area contributed by atoms with Gasteiger partial charge in [-0.3, -0.25) is 0 Å². The first kappa shape index (κ1) is 11.5. The normalized spacial score (nSPS) is 27.1. The van der Waals surface area contributed by atoms with Gasteiger partial charge in [-0.05, 0) is 37.0 Å². The molecule has 0 aromatic heterocycles. The predicted octanol–water partition coefficient (Wildman–Crippen LogP) is 2.09. The van der Waals surface area contributed by atoms with Crippen molar-refractivity contribution < 1.29 is 4.39 Å². The summed E-state index contributed by atoms with van der Waals surface area (Å²) in [5.74, 6) is 0.872. The molecular weight excluding hydrogens is 229 g/mol. The van der Waals surface area contributed by atoms with Gasteiger partial charge in [0.1, 0.15) is 5.82 Å². The summed E-state index contributed by atoms with van der Waals surface area (Å²) in [6.45, 7) is 0. The molecule has 18 heavy (non-hydrogen) atoms. The lowest BCUT2D eigenvalue weighted by atomic mass is 10.1. The standard InChI is InChI=1S/C14H18FN3/c1-18(11-6-7-11)14(16)17-13-8-12(13)9-2-4-10(15)5-3-9/h2-5,11-13H,6-8H2,1H3,(H2,16,17)/t12-,13+/m0/s1. The van der Waals surface area contributed by atoms with Gasteiger partial charge in [0.15, 0.2) is 5.96 Å². The molecule has 1 aromatic rings. The van der Waals surface area contributed by atoms with Crippen LogP contribution in [0.2, 0.25) is 0 Å². The predicted molar refractivity (Wildman–Crippen MR) is 70.0 cm³/mol. The number of halogens is 1. The van der Waals surface area contributed by atoms with Crippen LogP contribution < -0.4 is 5.73 Å². The van der Waals surface area contributed by atoms with E-state index in [0.717, 1.165) is 12.0 Å². The highest BCUT2D eigenvalue weighted by molar-refractivity contribution is 5.79. The zero-order valence-corrected chi connectivity index (χ0v) is 10.5. The van der Waals surface area contributed by atoms with Crippen LogP contribution in [0.15, 0.2) is 29.3 Å². The lowest BCUT2D eigenvalue weighted by molar-refractivity contribution is 0.487. The van der Waals surface area contributed by atoms with Crippen molar-refractivity contribution in [2.24, 2.45) is 10.7 Å². The second-order valence-corrected chi connectivity index (χ2v) is 5.29. The Morgan fingerprint density at radius 2 is 2.00 bits per heavy atom. The zero-order valence-electron chi connectivity index (χ0n) is 10.5. The summed E-state index contributed by atoms with van der Waals surface area (Å²) in [5, 5.41) is 0. The van der Waals surface area contributed by atoms with Gasteiger partial charge >= 0.3 is 0 Å². The van der Waals surface area contributed by atoms with E-state index >= 15 is 0 Å². The Hall–Kier alpha value is -1.58. The number of nitrogens with two attached hydrogens (primary N) is 1. The molecule has 3 rings (SSSR count).